The molecule has 0 saturated heterocycles. The van der Waals surface area contributed by atoms with E-state index in [1.165, 1.54) is 5.56 Å². The average molecular weight is 298 g/mol. The van der Waals surface area contributed by atoms with Gasteiger partial charge in [-0.25, -0.2) is 0 Å². The fourth-order valence-electron chi connectivity index (χ4n) is 1.52. The van der Waals surface area contributed by atoms with Crippen molar-refractivity contribution in [2.75, 3.05) is 0 Å². The first kappa shape index (κ1) is 14.2. The van der Waals surface area contributed by atoms with E-state index in [2.05, 4.69) is 47.2 Å². The number of hydrogen-bond donors (Lipinski definition) is 1. The summed E-state index contributed by atoms with van der Waals surface area (Å²) in [6.45, 7) is 4.79. The van der Waals surface area contributed by atoms with Gasteiger partial charge in [-0.05, 0) is 18.9 Å². The van der Waals surface area contributed by atoms with Crippen LogP contribution in [0, 0.1) is 6.92 Å². The number of alkyl halides is 1. The number of rotatable bonds is 6. The molecule has 0 bridgehead atoms. The summed E-state index contributed by atoms with van der Waals surface area (Å²) in [4.78, 5) is 11.7. The zero-order chi connectivity index (χ0) is 12.7. The van der Waals surface area contributed by atoms with Crippen molar-refractivity contribution >= 4 is 21.8 Å². The van der Waals surface area contributed by atoms with Gasteiger partial charge in [0, 0.05) is 6.54 Å². The molecule has 0 fully saturated rings. The summed E-state index contributed by atoms with van der Waals surface area (Å²) in [5, 5.41) is 2.94. The lowest BCUT2D eigenvalue weighted by Gasteiger charge is -2.10. The molecule has 0 radical (unpaired) electrons. The Morgan fingerprint density at radius 3 is 2.59 bits per heavy atom. The Morgan fingerprint density at radius 1 is 1.35 bits per heavy atom. The van der Waals surface area contributed by atoms with Crippen molar-refractivity contribution in [3.63, 3.8) is 0 Å². The second-order valence-electron chi connectivity index (χ2n) is 4.31. The molecule has 3 heteroatoms. The lowest BCUT2D eigenvalue weighted by molar-refractivity contribution is -0.120. The third kappa shape index (κ3) is 5.35. The van der Waals surface area contributed by atoms with E-state index in [9.17, 15) is 4.79 Å². The molecule has 0 aliphatic heterocycles. The molecule has 1 atom stereocenters. The highest BCUT2D eigenvalue weighted by molar-refractivity contribution is 9.10. The van der Waals surface area contributed by atoms with E-state index in [1.54, 1.807) is 0 Å². The topological polar surface area (TPSA) is 29.1 Å². The third-order valence-electron chi connectivity index (χ3n) is 2.68. The number of nitrogens with one attached hydrogen (secondary N) is 1. The van der Waals surface area contributed by atoms with Crippen LogP contribution in [-0.2, 0) is 11.3 Å². The number of aryl methyl sites for hydroxylation is 1. The van der Waals surface area contributed by atoms with E-state index in [0.29, 0.717) is 6.54 Å². The Hall–Kier alpha value is -0.830. The number of halogens is 1. The van der Waals surface area contributed by atoms with Crippen LogP contribution in [0.3, 0.4) is 0 Å². The van der Waals surface area contributed by atoms with Gasteiger partial charge in [-0.15, -0.1) is 0 Å². The molecule has 0 saturated carbocycles. The summed E-state index contributed by atoms with van der Waals surface area (Å²) in [5.74, 6) is 0.0824. The molecule has 1 aromatic rings. The molecule has 0 spiro atoms. The molecule has 1 amide bonds. The number of hydrogen-bond acceptors (Lipinski definition) is 1. The predicted molar refractivity (Wildman–Crippen MR) is 75.3 cm³/mol. The zero-order valence-corrected chi connectivity index (χ0v) is 12.1. The van der Waals surface area contributed by atoms with Crippen LogP contribution in [0.1, 0.15) is 37.3 Å². The van der Waals surface area contributed by atoms with Crippen molar-refractivity contribution in [1.29, 1.82) is 0 Å². The minimum Gasteiger partial charge on any atom is -0.351 e. The molecule has 0 aliphatic rings. The summed E-state index contributed by atoms with van der Waals surface area (Å²) in [5.41, 5.74) is 2.38. The van der Waals surface area contributed by atoms with Crippen molar-refractivity contribution < 1.29 is 4.79 Å². The summed E-state index contributed by atoms with van der Waals surface area (Å²) in [7, 11) is 0. The summed E-state index contributed by atoms with van der Waals surface area (Å²) < 4.78 is 0. The van der Waals surface area contributed by atoms with Crippen molar-refractivity contribution in [2.24, 2.45) is 0 Å². The molecule has 1 unspecified atom stereocenters. The maximum atomic E-state index is 11.7. The molecule has 1 N–H and O–H groups in total. The molecule has 0 heterocycles. The van der Waals surface area contributed by atoms with Crippen molar-refractivity contribution in [3.8, 4) is 0 Å². The highest BCUT2D eigenvalue weighted by atomic mass is 79.9. The minimum atomic E-state index is -0.0621. The lowest BCUT2D eigenvalue weighted by Crippen LogP contribution is -2.30. The first-order valence-electron chi connectivity index (χ1n) is 6.10. The quantitative estimate of drug-likeness (QED) is 0.799. The van der Waals surface area contributed by atoms with Gasteiger partial charge in [0.1, 0.15) is 0 Å². The summed E-state index contributed by atoms with van der Waals surface area (Å²) >= 11 is 3.42. The number of benzene rings is 1. The van der Waals surface area contributed by atoms with Gasteiger partial charge >= 0.3 is 0 Å². The van der Waals surface area contributed by atoms with Gasteiger partial charge in [-0.3, -0.25) is 4.79 Å². The van der Waals surface area contributed by atoms with Gasteiger partial charge in [-0.1, -0.05) is 65.5 Å². The Morgan fingerprint density at radius 2 is 2.00 bits per heavy atom. The number of carbonyl (C=O) groups excluding carboxylic acids is 1. The molecular weight excluding hydrogens is 278 g/mol. The first-order valence-corrected chi connectivity index (χ1v) is 7.02. The number of amides is 1. The Bertz CT molecular complexity index is 348. The van der Waals surface area contributed by atoms with E-state index in [0.717, 1.165) is 24.8 Å². The third-order valence-corrected chi connectivity index (χ3v) is 3.56. The standard InChI is InChI=1S/C14H20BrNO/c1-3-4-5-13(15)14(17)16-10-12-8-6-11(2)7-9-12/h6-9,13H,3-5,10H2,1-2H3,(H,16,17). The fourth-order valence-corrected chi connectivity index (χ4v) is 2.01. The molecule has 2 nitrogen and oxygen atoms in total. The molecule has 0 aliphatic carbocycles. The molecule has 1 rings (SSSR count). The average Bonchev–Trinajstić information content (AvgIpc) is 2.34. The lowest BCUT2D eigenvalue weighted by atomic mass is 10.1. The molecule has 17 heavy (non-hydrogen) atoms. The number of carbonyl (C=O) groups is 1. The van der Waals surface area contributed by atoms with Crippen LogP contribution in [0.5, 0.6) is 0 Å². The van der Waals surface area contributed by atoms with Crippen LogP contribution in [0.15, 0.2) is 24.3 Å². The Balaban J connectivity index is 2.34. The van der Waals surface area contributed by atoms with Crippen LogP contribution in [0.25, 0.3) is 0 Å². The van der Waals surface area contributed by atoms with E-state index < -0.39 is 0 Å². The molecule has 94 valence electrons. The maximum Gasteiger partial charge on any atom is 0.234 e. The predicted octanol–water partition coefficient (Wildman–Crippen LogP) is 3.56. The zero-order valence-electron chi connectivity index (χ0n) is 10.5. The number of unbranched alkanes of at least 4 members (excludes halogenated alkanes) is 1. The van der Waals surface area contributed by atoms with Crippen LogP contribution < -0.4 is 5.32 Å². The second kappa shape index (κ2) is 7.49. The van der Waals surface area contributed by atoms with Gasteiger partial charge in [0.25, 0.3) is 0 Å². The van der Waals surface area contributed by atoms with Gasteiger partial charge < -0.3 is 5.32 Å². The first-order chi connectivity index (χ1) is 8.13. The summed E-state index contributed by atoms with van der Waals surface area (Å²) in [6.07, 6.45) is 3.09. The highest BCUT2D eigenvalue weighted by Gasteiger charge is 2.13. The van der Waals surface area contributed by atoms with Gasteiger partial charge in [0.15, 0.2) is 0 Å². The van der Waals surface area contributed by atoms with E-state index in [-0.39, 0.29) is 10.7 Å². The Kier molecular flexibility index (Phi) is 6.27. The molecular formula is C14H20BrNO. The van der Waals surface area contributed by atoms with Crippen LogP contribution in [-0.4, -0.2) is 10.7 Å². The monoisotopic (exact) mass is 297 g/mol. The second-order valence-corrected chi connectivity index (χ2v) is 5.42. The fraction of sp³-hybridized carbons (Fsp3) is 0.500. The van der Waals surface area contributed by atoms with Crippen molar-refractivity contribution in [1.82, 2.24) is 5.32 Å². The van der Waals surface area contributed by atoms with E-state index in [1.807, 2.05) is 12.1 Å². The van der Waals surface area contributed by atoms with Crippen LogP contribution in [0.2, 0.25) is 0 Å². The van der Waals surface area contributed by atoms with Crippen molar-refractivity contribution in [3.05, 3.63) is 35.4 Å². The van der Waals surface area contributed by atoms with Crippen LogP contribution in [0.4, 0.5) is 0 Å². The van der Waals surface area contributed by atoms with Gasteiger partial charge in [0.2, 0.25) is 5.91 Å². The van der Waals surface area contributed by atoms with Gasteiger partial charge in [0.05, 0.1) is 4.83 Å². The minimum absolute atomic E-state index is 0.0621. The maximum absolute atomic E-state index is 11.7. The summed E-state index contributed by atoms with van der Waals surface area (Å²) in [6, 6.07) is 8.21. The largest absolute Gasteiger partial charge is 0.351 e. The molecule has 0 aromatic heterocycles. The molecule has 1 aromatic carbocycles. The van der Waals surface area contributed by atoms with Crippen molar-refractivity contribution in [2.45, 2.75) is 44.5 Å². The normalized spacial score (nSPS) is 12.2. The van der Waals surface area contributed by atoms with E-state index in [4.69, 9.17) is 0 Å². The van der Waals surface area contributed by atoms with Crippen LogP contribution >= 0.6 is 15.9 Å². The highest BCUT2D eigenvalue weighted by Crippen LogP contribution is 2.10. The SMILES string of the molecule is CCCCC(Br)C(=O)NCc1ccc(C)cc1. The van der Waals surface area contributed by atoms with Gasteiger partial charge in [-0.2, -0.15) is 0 Å². The van der Waals surface area contributed by atoms with E-state index >= 15 is 0 Å². The smallest absolute Gasteiger partial charge is 0.234 e. The Labute approximate surface area is 112 Å².